The third-order valence-electron chi connectivity index (χ3n) is 9.61. The summed E-state index contributed by atoms with van der Waals surface area (Å²) < 4.78 is 34.3. The van der Waals surface area contributed by atoms with Crippen molar-refractivity contribution in [2.45, 2.75) is 33.1 Å². The van der Waals surface area contributed by atoms with Crippen molar-refractivity contribution in [2.75, 3.05) is 52.9 Å². The van der Waals surface area contributed by atoms with Crippen molar-refractivity contribution in [3.05, 3.63) is 145 Å². The number of para-hydroxylation sites is 2. The van der Waals surface area contributed by atoms with E-state index in [4.69, 9.17) is 38.4 Å². The van der Waals surface area contributed by atoms with Crippen molar-refractivity contribution < 1.29 is 38.0 Å². The fraction of sp³-hybridized carbons (Fsp3) is 0.319. The van der Waals surface area contributed by atoms with Crippen LogP contribution in [0.3, 0.4) is 0 Å². The molecule has 0 amide bonds. The highest BCUT2D eigenvalue weighted by atomic mass is 16.5. The van der Waals surface area contributed by atoms with Gasteiger partial charge >= 0.3 is 11.9 Å². The number of benzene rings is 4. The van der Waals surface area contributed by atoms with E-state index in [1.165, 1.54) is 0 Å². The van der Waals surface area contributed by atoms with E-state index in [-0.39, 0.29) is 24.0 Å². The number of carbonyl (C=O) groups is 2. The second-order valence-corrected chi connectivity index (χ2v) is 15.5. The topological polar surface area (TPSA) is 115 Å². The zero-order chi connectivity index (χ0) is 40.5. The number of aromatic nitrogens is 2. The first kappa shape index (κ1) is 40.8. The molecule has 1 heterocycles. The third-order valence-corrected chi connectivity index (χ3v) is 9.61. The summed E-state index contributed by atoms with van der Waals surface area (Å²) in [4.78, 5) is 33.5. The second-order valence-electron chi connectivity index (χ2n) is 15.5. The average Bonchev–Trinajstić information content (AvgIpc) is 3.51. The van der Waals surface area contributed by atoms with E-state index in [9.17, 15) is 9.59 Å². The largest absolute Gasteiger partial charge is 0.491 e. The molecule has 1 aliphatic carbocycles. The molecule has 0 fully saturated rings. The summed E-state index contributed by atoms with van der Waals surface area (Å²) in [6.07, 6.45) is 2.31. The smallest absolute Gasteiger partial charge is 0.330 e. The van der Waals surface area contributed by atoms with Crippen LogP contribution in [0.15, 0.2) is 122 Å². The lowest BCUT2D eigenvalue weighted by atomic mass is 9.69. The van der Waals surface area contributed by atoms with Gasteiger partial charge in [0.25, 0.3) is 0 Å². The number of hydrogen-bond acceptors (Lipinski definition) is 10. The lowest BCUT2D eigenvalue weighted by Gasteiger charge is -2.32. The number of fused-ring (bicyclic) bond motifs is 4. The van der Waals surface area contributed by atoms with Gasteiger partial charge in [-0.25, -0.2) is 19.6 Å². The van der Waals surface area contributed by atoms with E-state index in [1.54, 1.807) is 0 Å². The number of hydrogen-bond donors (Lipinski definition) is 0. The van der Waals surface area contributed by atoms with Gasteiger partial charge in [-0.1, -0.05) is 102 Å². The molecule has 296 valence electrons. The Labute approximate surface area is 334 Å². The lowest BCUT2D eigenvalue weighted by molar-refractivity contribution is -0.142. The highest BCUT2D eigenvalue weighted by Crippen LogP contribution is 2.55. The van der Waals surface area contributed by atoms with Crippen molar-refractivity contribution in [1.29, 1.82) is 0 Å². The van der Waals surface area contributed by atoms with Gasteiger partial charge in [-0.15, -0.1) is 0 Å². The van der Waals surface area contributed by atoms with Gasteiger partial charge in [0.15, 0.2) is 0 Å². The first-order chi connectivity index (χ1) is 27.5. The van der Waals surface area contributed by atoms with E-state index in [0.29, 0.717) is 51.1 Å². The van der Waals surface area contributed by atoms with Crippen LogP contribution in [0, 0.1) is 10.8 Å². The summed E-state index contributed by atoms with van der Waals surface area (Å²) in [6, 6.07) is 32.6. The molecule has 0 saturated carbocycles. The molecule has 0 bridgehead atoms. The highest BCUT2D eigenvalue weighted by molar-refractivity contribution is 5.87. The molecule has 10 heteroatoms. The molecule has 10 nitrogen and oxygen atoms in total. The molecule has 0 atom stereocenters. The minimum Gasteiger partial charge on any atom is -0.491 e. The van der Waals surface area contributed by atoms with Crippen LogP contribution >= 0.6 is 0 Å². The Bertz CT molecular complexity index is 2100. The molecule has 6 rings (SSSR count). The van der Waals surface area contributed by atoms with Gasteiger partial charge in [-0.2, -0.15) is 0 Å². The number of carbonyl (C=O) groups excluding carboxylic acids is 2. The molecule has 5 aromatic rings. The van der Waals surface area contributed by atoms with Gasteiger partial charge in [0.05, 0.1) is 67.5 Å². The van der Waals surface area contributed by atoms with Crippen molar-refractivity contribution in [2.24, 2.45) is 10.8 Å². The Morgan fingerprint density at radius 3 is 1.54 bits per heavy atom. The molecule has 0 saturated heterocycles. The Morgan fingerprint density at radius 2 is 1.05 bits per heavy atom. The molecule has 0 radical (unpaired) electrons. The Balaban J connectivity index is 1.21. The minimum absolute atomic E-state index is 0.233. The van der Waals surface area contributed by atoms with E-state index in [0.717, 1.165) is 56.8 Å². The van der Waals surface area contributed by atoms with Gasteiger partial charge in [-0.05, 0) is 53.1 Å². The molecule has 4 aromatic carbocycles. The Morgan fingerprint density at radius 1 is 0.596 bits per heavy atom. The van der Waals surface area contributed by atoms with E-state index >= 15 is 0 Å². The fourth-order valence-corrected chi connectivity index (χ4v) is 6.81. The van der Waals surface area contributed by atoms with Gasteiger partial charge in [-0.3, -0.25) is 0 Å². The zero-order valence-electron chi connectivity index (χ0n) is 33.1. The van der Waals surface area contributed by atoms with Crippen LogP contribution in [0.1, 0.15) is 50.1 Å². The fourth-order valence-electron chi connectivity index (χ4n) is 6.81. The maximum Gasteiger partial charge on any atom is 0.330 e. The number of rotatable bonds is 20. The normalized spacial score (nSPS) is 13.0. The molecule has 0 aliphatic heterocycles. The maximum absolute atomic E-state index is 11.5. The predicted octanol–water partition coefficient (Wildman–Crippen LogP) is 8.29. The second kappa shape index (κ2) is 18.0. The first-order valence-corrected chi connectivity index (χ1v) is 19.0. The number of ether oxygens (including phenoxy) is 6. The Kier molecular flexibility index (Phi) is 12.9. The van der Waals surface area contributed by atoms with Crippen LogP contribution in [-0.4, -0.2) is 74.8 Å². The molecular formula is C47H50N2O8. The average molecular weight is 771 g/mol. The minimum atomic E-state index is -0.784. The van der Waals surface area contributed by atoms with Gasteiger partial charge in [0, 0.05) is 28.5 Å². The van der Waals surface area contributed by atoms with Crippen molar-refractivity contribution in [3.63, 3.8) is 0 Å². The summed E-state index contributed by atoms with van der Waals surface area (Å²) >= 11 is 0. The number of esters is 2. The summed E-state index contributed by atoms with van der Waals surface area (Å²) in [6.45, 7) is 17.5. The van der Waals surface area contributed by atoms with Crippen molar-refractivity contribution >= 4 is 23.0 Å². The standard InChI is InChI=1S/C47H50N2O8/c1-7-41(50)56-31-45(3,4)29-52-25-27-54-35-21-17-33(18-22-35)47(38-14-10-9-13-37(38)43-44(47)49-40-16-12-11-15-39(40)48-43)34-19-23-36(24-20-34)55-28-26-53-30-46(5,6)32-57-42(51)8-2/h7-24H,1-2,25-32H2,3-6H3. The van der Waals surface area contributed by atoms with E-state index in [1.807, 2.05) is 82.3 Å². The molecule has 1 aliphatic rings. The summed E-state index contributed by atoms with van der Waals surface area (Å²) in [5, 5.41) is 0. The van der Waals surface area contributed by atoms with E-state index < -0.39 is 17.4 Å². The monoisotopic (exact) mass is 770 g/mol. The highest BCUT2D eigenvalue weighted by Gasteiger charge is 2.48. The van der Waals surface area contributed by atoms with Crippen LogP contribution in [0.2, 0.25) is 0 Å². The van der Waals surface area contributed by atoms with Crippen LogP contribution in [-0.2, 0) is 34.0 Å². The molecule has 0 unspecified atom stereocenters. The van der Waals surface area contributed by atoms with Gasteiger partial charge in [0.1, 0.15) is 24.7 Å². The molecule has 0 spiro atoms. The van der Waals surface area contributed by atoms with E-state index in [2.05, 4.69) is 55.6 Å². The van der Waals surface area contributed by atoms with Gasteiger partial charge < -0.3 is 28.4 Å². The summed E-state index contributed by atoms with van der Waals surface area (Å²) in [7, 11) is 0. The summed E-state index contributed by atoms with van der Waals surface area (Å²) in [5.74, 6) is 0.517. The Hall–Kier alpha value is -5.84. The van der Waals surface area contributed by atoms with Crippen LogP contribution in [0.25, 0.3) is 22.3 Å². The maximum atomic E-state index is 11.5. The zero-order valence-corrected chi connectivity index (χ0v) is 33.1. The molecular weight excluding hydrogens is 721 g/mol. The lowest BCUT2D eigenvalue weighted by Crippen LogP contribution is -2.30. The third kappa shape index (κ3) is 9.59. The molecule has 1 aromatic heterocycles. The quantitative estimate of drug-likeness (QED) is 0.0427. The first-order valence-electron chi connectivity index (χ1n) is 19.0. The number of nitrogens with zero attached hydrogens (tertiary/aromatic N) is 2. The molecule has 57 heavy (non-hydrogen) atoms. The molecule has 0 N–H and O–H groups in total. The van der Waals surface area contributed by atoms with Crippen molar-refractivity contribution in [3.8, 4) is 22.8 Å². The van der Waals surface area contributed by atoms with Crippen molar-refractivity contribution in [1.82, 2.24) is 9.97 Å². The van der Waals surface area contributed by atoms with Crippen LogP contribution < -0.4 is 9.47 Å². The predicted molar refractivity (Wildman–Crippen MR) is 219 cm³/mol. The van der Waals surface area contributed by atoms with Crippen LogP contribution in [0.5, 0.6) is 11.5 Å². The SMILES string of the molecule is C=CC(=O)OCC(C)(C)COCCOc1ccc(C2(c3ccc(OCCOCC(C)(C)COC(=O)C=C)cc3)c3ccccc3-c3nc4ccccc4nc32)cc1. The summed E-state index contributed by atoms with van der Waals surface area (Å²) in [5.41, 5.74) is 6.02. The van der Waals surface area contributed by atoms with Crippen LogP contribution in [0.4, 0.5) is 0 Å². The van der Waals surface area contributed by atoms with Gasteiger partial charge in [0.2, 0.25) is 0 Å².